The van der Waals surface area contributed by atoms with Crippen molar-refractivity contribution in [3.05, 3.63) is 198 Å². The molecule has 63 heavy (non-hydrogen) atoms. The van der Waals surface area contributed by atoms with Crippen molar-refractivity contribution in [1.82, 2.24) is 9.97 Å². The van der Waals surface area contributed by atoms with Gasteiger partial charge in [-0.3, -0.25) is 13.8 Å². The van der Waals surface area contributed by atoms with Crippen molar-refractivity contribution in [3.63, 3.8) is 0 Å². The molecule has 0 aliphatic rings. The molecular weight excluding hydrogens is 961 g/mol. The van der Waals surface area contributed by atoms with Gasteiger partial charge in [0.2, 0.25) is 0 Å². The molecule has 4 nitrogen and oxygen atoms in total. The van der Waals surface area contributed by atoms with E-state index in [1.807, 2.05) is 18.2 Å². The Bertz CT molecular complexity index is 3440. The summed E-state index contributed by atoms with van der Waals surface area (Å²) >= 11 is 0. The molecule has 0 atom stereocenters. The van der Waals surface area contributed by atoms with Crippen LogP contribution >= 0.6 is 0 Å². The van der Waals surface area contributed by atoms with E-state index in [4.69, 9.17) is 17.6 Å². The van der Waals surface area contributed by atoms with E-state index in [-0.39, 0.29) is 43.2 Å². The second-order valence-corrected chi connectivity index (χ2v) is 15.8. The molecule has 7 aromatic carbocycles. The quantitative estimate of drug-likeness (QED) is 0.118. The van der Waals surface area contributed by atoms with Gasteiger partial charge in [-0.05, 0) is 101 Å². The molecule has 10 rings (SSSR count). The molecule has 3 aromatic heterocycles. The van der Waals surface area contributed by atoms with E-state index in [2.05, 4.69) is 159 Å². The number of fused-ring (bicyclic) bond motifs is 4. The first-order valence-corrected chi connectivity index (χ1v) is 20.5. The van der Waals surface area contributed by atoms with Gasteiger partial charge in [0, 0.05) is 36.6 Å². The Hall–Kier alpha value is -6.53. The maximum Gasteiger partial charge on any atom is 3.00 e. The second kappa shape index (κ2) is 18.1. The van der Waals surface area contributed by atoms with Crippen LogP contribution < -0.4 is 9.55 Å². The molecule has 0 aliphatic heterocycles. The van der Waals surface area contributed by atoms with Gasteiger partial charge in [-0.2, -0.15) is 0 Å². The number of rotatable bonds is 7. The molecule has 0 amide bonds. The van der Waals surface area contributed by atoms with E-state index in [0.29, 0.717) is 6.07 Å². The van der Waals surface area contributed by atoms with Crippen LogP contribution in [0.25, 0.3) is 83.6 Å². The van der Waals surface area contributed by atoms with Crippen LogP contribution in [-0.4, -0.2) is 4.98 Å². The number of hydrogen-bond acceptors (Lipinski definition) is 2. The summed E-state index contributed by atoms with van der Waals surface area (Å²) in [7, 11) is 0. The number of hydrogen-bond donors (Lipinski definition) is 0. The molecular formula is C56H45F2IrN3O+. The van der Waals surface area contributed by atoms with Crippen LogP contribution in [0.1, 0.15) is 70.1 Å². The van der Waals surface area contributed by atoms with Gasteiger partial charge in [0.1, 0.15) is 5.58 Å². The first-order chi connectivity index (χ1) is 32.5. The molecule has 0 fully saturated rings. The molecule has 0 bridgehead atoms. The fourth-order valence-electron chi connectivity index (χ4n) is 7.99. The second-order valence-electron chi connectivity index (χ2n) is 15.8. The molecule has 0 aliphatic carbocycles. The minimum atomic E-state index is -2.78. The first-order valence-electron chi connectivity index (χ1n) is 23.5. The van der Waals surface area contributed by atoms with Crippen molar-refractivity contribution in [2.75, 3.05) is 0 Å². The Kier molecular flexibility index (Phi) is 10.3. The smallest absolute Gasteiger partial charge is 0.501 e. The average Bonchev–Trinajstić information content (AvgIpc) is 3.90. The minimum Gasteiger partial charge on any atom is -0.501 e. The molecule has 0 spiro atoms. The molecule has 312 valence electrons. The molecule has 7 heteroatoms. The zero-order chi connectivity index (χ0) is 48.1. The van der Waals surface area contributed by atoms with E-state index < -0.39 is 36.6 Å². The van der Waals surface area contributed by atoms with E-state index in [9.17, 15) is 8.78 Å². The van der Waals surface area contributed by atoms with Crippen LogP contribution in [0, 0.1) is 37.5 Å². The van der Waals surface area contributed by atoms with Crippen molar-refractivity contribution in [2.45, 2.75) is 53.2 Å². The van der Waals surface area contributed by atoms with Crippen LogP contribution in [-0.2, 0) is 20.1 Å². The Labute approximate surface area is 389 Å². The molecule has 0 saturated heterocycles. The fourth-order valence-corrected chi connectivity index (χ4v) is 7.99. The molecule has 0 radical (unpaired) electrons. The van der Waals surface area contributed by atoms with Crippen molar-refractivity contribution < 1.29 is 46.1 Å². The van der Waals surface area contributed by atoms with Crippen LogP contribution in [0.15, 0.2) is 156 Å². The number of para-hydroxylation sites is 3. The Morgan fingerprint density at radius 1 is 0.667 bits per heavy atom. The number of aromatic nitrogens is 3. The molecule has 0 unspecified atom stereocenters. The average molecular weight is 1010 g/mol. The van der Waals surface area contributed by atoms with Crippen LogP contribution in [0.5, 0.6) is 0 Å². The zero-order valence-electron chi connectivity index (χ0n) is 40.9. The predicted molar refractivity (Wildman–Crippen MR) is 247 cm³/mol. The Balaban J connectivity index is 0.000000236. The van der Waals surface area contributed by atoms with Gasteiger partial charge in [-0.15, -0.1) is 30.3 Å². The van der Waals surface area contributed by atoms with Crippen LogP contribution in [0.2, 0.25) is 0 Å². The number of furan rings is 1. The molecule has 0 saturated carbocycles. The summed E-state index contributed by atoms with van der Waals surface area (Å²) in [6.45, 7) is 3.70. The van der Waals surface area contributed by atoms with Crippen molar-refractivity contribution in [1.29, 1.82) is 0 Å². The predicted octanol–water partition coefficient (Wildman–Crippen LogP) is 14.5. The first kappa shape index (κ1) is 36.0. The molecule has 10 aromatic rings. The van der Waals surface area contributed by atoms with E-state index in [1.54, 1.807) is 0 Å². The number of benzene rings is 7. The summed E-state index contributed by atoms with van der Waals surface area (Å²) in [5.41, 5.74) is 11.8. The summed E-state index contributed by atoms with van der Waals surface area (Å²) in [4.78, 5) is 9.03. The van der Waals surface area contributed by atoms with Crippen LogP contribution in [0.3, 0.4) is 0 Å². The van der Waals surface area contributed by atoms with E-state index in [0.717, 1.165) is 56.5 Å². The summed E-state index contributed by atoms with van der Waals surface area (Å²) in [5.74, 6) is -0.413. The third-order valence-corrected chi connectivity index (χ3v) is 11.1. The Morgan fingerprint density at radius 3 is 2.03 bits per heavy atom. The number of aryl methyl sites for hydroxylation is 2. The zero-order valence-corrected chi connectivity index (χ0v) is 37.3. The number of pyridine rings is 1. The van der Waals surface area contributed by atoms with Gasteiger partial charge < -0.3 is 14.0 Å². The number of imidazole rings is 1. The van der Waals surface area contributed by atoms with Gasteiger partial charge in [0.25, 0.3) is 0 Å². The van der Waals surface area contributed by atoms with Gasteiger partial charge in [-0.1, -0.05) is 147 Å². The van der Waals surface area contributed by atoms with Crippen molar-refractivity contribution in [3.8, 4) is 50.6 Å². The standard InChI is InChI=1S/C43H35N2O.C13H10F2N.Ir/c1-27(2)36-25-32(31-23-21-30(22-24-31)29-13-6-5-7-14-29)26-37(28(3)4)41(36)45-39-19-10-9-18-38(39)44-43(45)35-17-12-16-34-33-15-8-11-20-40(33)46-42(34)35;1-8-3-6-13(16-9(8)2)11-5-4-10(14)7-12(11)15;/h5-16,18-28H,1-4H3;3-4,6-7H,1-2H3;/q2*-1;+3/i;1D3,2D3;. The SMILES string of the molecule is CC(C)c1cc(-c2ccc(-c3ccccc3)cc2)cc(C(C)C)c1-[n+]1c(-c2[c-]ccc3c2oc2ccccc23)[n-]c2ccccc21.[2H]C([2H])([2H])c1ccc(-c2[c-]cc(F)cc2F)nc1C([2H])([2H])[2H].[Ir+3]. The Morgan fingerprint density at radius 2 is 1.33 bits per heavy atom. The number of halogens is 2. The van der Waals surface area contributed by atoms with Gasteiger partial charge in [-0.25, -0.2) is 0 Å². The summed E-state index contributed by atoms with van der Waals surface area (Å²) in [6, 6.07) is 54.6. The van der Waals surface area contributed by atoms with E-state index >= 15 is 0 Å². The molecule has 0 N–H and O–H groups in total. The normalized spacial score (nSPS) is 13.1. The van der Waals surface area contributed by atoms with Crippen molar-refractivity contribution in [2.24, 2.45) is 0 Å². The topological polar surface area (TPSA) is 44.0 Å². The van der Waals surface area contributed by atoms with Crippen LogP contribution in [0.4, 0.5) is 8.78 Å². The summed E-state index contributed by atoms with van der Waals surface area (Å²) in [6.07, 6.45) is 0. The van der Waals surface area contributed by atoms with E-state index in [1.165, 1.54) is 45.1 Å². The summed E-state index contributed by atoms with van der Waals surface area (Å²) in [5, 5.41) is 2.18. The van der Waals surface area contributed by atoms with Gasteiger partial charge in [0.15, 0.2) is 0 Å². The third kappa shape index (κ3) is 8.39. The minimum absolute atomic E-state index is 0. The third-order valence-electron chi connectivity index (χ3n) is 11.1. The van der Waals surface area contributed by atoms with Gasteiger partial charge in [0.05, 0.1) is 22.4 Å². The monoisotopic (exact) mass is 1010 g/mol. The maximum absolute atomic E-state index is 13.7. The fraction of sp³-hybridized carbons (Fsp3) is 0.143. The summed E-state index contributed by atoms with van der Waals surface area (Å²) < 4.78 is 79.8. The molecule has 3 heterocycles. The van der Waals surface area contributed by atoms with Crippen molar-refractivity contribution >= 4 is 33.0 Å². The van der Waals surface area contributed by atoms with Gasteiger partial charge >= 0.3 is 20.1 Å². The number of nitrogens with zero attached hydrogens (tertiary/aromatic N) is 3. The maximum atomic E-state index is 13.7. The largest absolute Gasteiger partial charge is 3.00 e.